The van der Waals surface area contributed by atoms with Gasteiger partial charge in [-0.05, 0) is 62.9 Å². The number of hydrogen-bond acceptors (Lipinski definition) is 5. The van der Waals surface area contributed by atoms with Crippen molar-refractivity contribution >= 4 is 5.91 Å². The molecule has 3 rings (SSSR count). The summed E-state index contributed by atoms with van der Waals surface area (Å²) < 4.78 is 19.3. The summed E-state index contributed by atoms with van der Waals surface area (Å²) in [5.41, 5.74) is -1.05. The Balaban J connectivity index is 1.66. The zero-order valence-electron chi connectivity index (χ0n) is 15.9. The summed E-state index contributed by atoms with van der Waals surface area (Å²) in [6.07, 6.45) is 2.85. The lowest BCUT2D eigenvalue weighted by Gasteiger charge is -2.42. The maximum absolute atomic E-state index is 14.1. The van der Waals surface area contributed by atoms with E-state index in [4.69, 9.17) is 4.74 Å². The topological polar surface area (TPSA) is 73.2 Å². The van der Waals surface area contributed by atoms with Crippen molar-refractivity contribution < 1.29 is 24.1 Å². The first kappa shape index (κ1) is 20.0. The van der Waals surface area contributed by atoms with Gasteiger partial charge < -0.3 is 19.8 Å². The van der Waals surface area contributed by atoms with Crippen LogP contribution in [0.5, 0.6) is 5.75 Å². The number of aliphatic hydroxyl groups excluding tert-OH is 1. The van der Waals surface area contributed by atoms with Gasteiger partial charge in [0.2, 0.25) is 0 Å². The average Bonchev–Trinajstić information content (AvgIpc) is 2.68. The summed E-state index contributed by atoms with van der Waals surface area (Å²) in [6, 6.07) is 4.47. The van der Waals surface area contributed by atoms with Crippen LogP contribution in [0.3, 0.4) is 0 Å². The second-order valence-corrected chi connectivity index (χ2v) is 7.72. The summed E-state index contributed by atoms with van der Waals surface area (Å²) >= 11 is 0. The lowest BCUT2D eigenvalue weighted by molar-refractivity contribution is -0.160. The van der Waals surface area contributed by atoms with E-state index < -0.39 is 5.60 Å². The third-order valence-electron chi connectivity index (χ3n) is 5.77. The van der Waals surface area contributed by atoms with Gasteiger partial charge in [0.05, 0.1) is 7.11 Å². The van der Waals surface area contributed by atoms with Crippen LogP contribution in [0.4, 0.5) is 4.39 Å². The Kier molecular flexibility index (Phi) is 6.34. The summed E-state index contributed by atoms with van der Waals surface area (Å²) in [7, 11) is 1.52. The number of halogens is 1. The molecule has 6 nitrogen and oxygen atoms in total. The largest absolute Gasteiger partial charge is 0.497 e. The molecule has 7 heteroatoms. The number of methoxy groups -OCH3 is 1. The van der Waals surface area contributed by atoms with Gasteiger partial charge in [-0.1, -0.05) is 0 Å². The number of benzene rings is 1. The maximum atomic E-state index is 14.1. The minimum atomic E-state index is -1.43. The average molecular weight is 380 g/mol. The van der Waals surface area contributed by atoms with Crippen molar-refractivity contribution in [2.24, 2.45) is 5.92 Å². The van der Waals surface area contributed by atoms with Gasteiger partial charge in [-0.25, -0.2) is 4.39 Å². The molecule has 0 radical (unpaired) electrons. The standard InChI is InChI=1S/C20H29FN2O4/c1-27-17-3-4-18(21)16(11-17)12-23-8-2-7-20(26,19(23)25)14-22-9-5-15(13-24)6-10-22/h3-4,11,15,24,26H,2,5-10,12-14H2,1H3/t20-/m0/s1. The van der Waals surface area contributed by atoms with Gasteiger partial charge in [-0.3, -0.25) is 9.69 Å². The predicted octanol–water partition coefficient (Wildman–Crippen LogP) is 1.39. The van der Waals surface area contributed by atoms with E-state index in [2.05, 4.69) is 4.90 Å². The molecule has 150 valence electrons. The summed E-state index contributed by atoms with van der Waals surface area (Å²) in [6.45, 7) is 2.65. The van der Waals surface area contributed by atoms with Crippen molar-refractivity contribution in [2.75, 3.05) is 39.9 Å². The lowest BCUT2D eigenvalue weighted by atomic mass is 9.89. The van der Waals surface area contributed by atoms with Crippen molar-refractivity contribution in [1.82, 2.24) is 9.80 Å². The number of amides is 1. The van der Waals surface area contributed by atoms with E-state index in [0.717, 1.165) is 25.9 Å². The Morgan fingerprint density at radius 1 is 1.30 bits per heavy atom. The number of aliphatic hydroxyl groups is 2. The highest BCUT2D eigenvalue weighted by Gasteiger charge is 2.43. The van der Waals surface area contributed by atoms with E-state index in [9.17, 15) is 19.4 Å². The Labute approximate surface area is 159 Å². The number of carbonyl (C=O) groups is 1. The fraction of sp³-hybridized carbons (Fsp3) is 0.650. The maximum Gasteiger partial charge on any atom is 0.256 e. The Morgan fingerprint density at radius 2 is 2.04 bits per heavy atom. The molecule has 1 atom stereocenters. The molecule has 2 aliphatic heterocycles. The van der Waals surface area contributed by atoms with E-state index in [0.29, 0.717) is 43.2 Å². The third-order valence-corrected chi connectivity index (χ3v) is 5.77. The normalized spacial score (nSPS) is 25.0. The summed E-state index contributed by atoms with van der Waals surface area (Å²) in [4.78, 5) is 16.6. The second kappa shape index (κ2) is 8.54. The van der Waals surface area contributed by atoms with Gasteiger partial charge >= 0.3 is 0 Å². The summed E-state index contributed by atoms with van der Waals surface area (Å²) in [5, 5.41) is 20.3. The fourth-order valence-electron chi connectivity index (χ4n) is 4.06. The summed E-state index contributed by atoms with van der Waals surface area (Å²) in [5.74, 6) is 0.132. The first-order valence-corrected chi connectivity index (χ1v) is 9.62. The number of ether oxygens (including phenoxy) is 1. The molecule has 0 unspecified atom stereocenters. The quantitative estimate of drug-likeness (QED) is 0.780. The van der Waals surface area contributed by atoms with E-state index >= 15 is 0 Å². The van der Waals surface area contributed by atoms with Crippen LogP contribution in [-0.2, 0) is 11.3 Å². The molecule has 0 aliphatic carbocycles. The molecule has 2 N–H and O–H groups in total. The minimum Gasteiger partial charge on any atom is -0.497 e. The van der Waals surface area contributed by atoms with E-state index in [1.807, 2.05) is 0 Å². The van der Waals surface area contributed by atoms with E-state index in [1.165, 1.54) is 13.2 Å². The molecular formula is C20H29FN2O4. The second-order valence-electron chi connectivity index (χ2n) is 7.72. The van der Waals surface area contributed by atoms with Gasteiger partial charge in [-0.2, -0.15) is 0 Å². The number of likely N-dealkylation sites (tertiary alicyclic amines) is 2. The first-order valence-electron chi connectivity index (χ1n) is 9.62. The smallest absolute Gasteiger partial charge is 0.256 e. The highest BCUT2D eigenvalue weighted by Crippen LogP contribution is 2.28. The molecule has 2 saturated heterocycles. The number of β-amino-alcohol motifs (C(OH)–C–C–N with tert-alkyl or cyclic N) is 1. The van der Waals surface area contributed by atoms with Crippen LogP contribution >= 0.6 is 0 Å². The number of carbonyl (C=O) groups excluding carboxylic acids is 1. The third kappa shape index (κ3) is 4.59. The first-order chi connectivity index (χ1) is 12.9. The molecule has 2 aliphatic rings. The van der Waals surface area contributed by atoms with Crippen molar-refractivity contribution in [3.8, 4) is 5.75 Å². The van der Waals surface area contributed by atoms with Crippen LogP contribution in [0.15, 0.2) is 18.2 Å². The minimum absolute atomic E-state index is 0.122. The van der Waals surface area contributed by atoms with Crippen LogP contribution in [0.25, 0.3) is 0 Å². The zero-order chi connectivity index (χ0) is 19.4. The predicted molar refractivity (Wildman–Crippen MR) is 98.8 cm³/mol. The van der Waals surface area contributed by atoms with Crippen molar-refractivity contribution in [1.29, 1.82) is 0 Å². The Hall–Kier alpha value is -1.70. The van der Waals surface area contributed by atoms with Gasteiger partial charge in [0, 0.05) is 31.8 Å². The molecule has 1 aromatic carbocycles. The van der Waals surface area contributed by atoms with Crippen LogP contribution in [0, 0.1) is 11.7 Å². The van der Waals surface area contributed by atoms with Crippen LogP contribution in [-0.4, -0.2) is 71.4 Å². The van der Waals surface area contributed by atoms with Crippen LogP contribution < -0.4 is 4.74 Å². The van der Waals surface area contributed by atoms with Gasteiger partial charge in [0.15, 0.2) is 5.60 Å². The molecule has 2 fully saturated rings. The van der Waals surface area contributed by atoms with E-state index in [-0.39, 0.29) is 24.9 Å². The van der Waals surface area contributed by atoms with Gasteiger partial charge in [0.25, 0.3) is 5.91 Å². The van der Waals surface area contributed by atoms with Crippen molar-refractivity contribution in [3.05, 3.63) is 29.6 Å². The van der Waals surface area contributed by atoms with E-state index in [1.54, 1.807) is 17.0 Å². The van der Waals surface area contributed by atoms with Crippen molar-refractivity contribution in [2.45, 2.75) is 37.8 Å². The molecule has 1 aromatic rings. The Morgan fingerprint density at radius 3 is 2.70 bits per heavy atom. The zero-order valence-corrected chi connectivity index (χ0v) is 15.9. The fourth-order valence-corrected chi connectivity index (χ4v) is 4.06. The van der Waals surface area contributed by atoms with Crippen LogP contribution in [0.2, 0.25) is 0 Å². The highest BCUT2D eigenvalue weighted by atomic mass is 19.1. The molecule has 0 spiro atoms. The Bertz CT molecular complexity index is 663. The molecule has 0 aromatic heterocycles. The van der Waals surface area contributed by atoms with Crippen molar-refractivity contribution in [3.63, 3.8) is 0 Å². The van der Waals surface area contributed by atoms with Gasteiger partial charge in [0.1, 0.15) is 11.6 Å². The number of piperidine rings is 2. The molecule has 2 heterocycles. The molecule has 27 heavy (non-hydrogen) atoms. The van der Waals surface area contributed by atoms with Crippen LogP contribution in [0.1, 0.15) is 31.2 Å². The monoisotopic (exact) mass is 380 g/mol. The SMILES string of the molecule is COc1ccc(F)c(CN2CCC[C@](O)(CN3CCC(CO)CC3)C2=O)c1. The highest BCUT2D eigenvalue weighted by molar-refractivity contribution is 5.86. The van der Waals surface area contributed by atoms with Gasteiger partial charge in [-0.15, -0.1) is 0 Å². The molecule has 0 bridgehead atoms. The number of hydrogen-bond donors (Lipinski definition) is 2. The number of nitrogens with zero attached hydrogens (tertiary/aromatic N) is 2. The number of rotatable bonds is 6. The molecule has 0 saturated carbocycles. The molecule has 1 amide bonds. The lowest BCUT2D eigenvalue weighted by Crippen LogP contribution is -2.59. The molecular weight excluding hydrogens is 351 g/mol.